The van der Waals surface area contributed by atoms with Crippen molar-refractivity contribution in [3.63, 3.8) is 0 Å². The van der Waals surface area contributed by atoms with Crippen molar-refractivity contribution in [1.82, 2.24) is 4.98 Å². The van der Waals surface area contributed by atoms with Crippen LogP contribution in [0.1, 0.15) is 19.3 Å². The molecule has 3 heterocycles. The van der Waals surface area contributed by atoms with Gasteiger partial charge in [0, 0.05) is 10.9 Å². The lowest BCUT2D eigenvalue weighted by atomic mass is 10.1. The van der Waals surface area contributed by atoms with E-state index in [-0.39, 0.29) is 12.5 Å². The summed E-state index contributed by atoms with van der Waals surface area (Å²) in [6.45, 7) is 0.201. The molecule has 132 valence electrons. The average molecular weight is 380 g/mol. The third kappa shape index (κ3) is 3.21. The van der Waals surface area contributed by atoms with Gasteiger partial charge in [-0.25, -0.2) is 13.4 Å². The summed E-state index contributed by atoms with van der Waals surface area (Å²) >= 11 is 1.26. The molecular weight excluding hydrogens is 364 g/mol. The van der Waals surface area contributed by atoms with E-state index in [2.05, 4.69) is 10.3 Å². The van der Waals surface area contributed by atoms with Gasteiger partial charge < -0.3 is 14.8 Å². The first-order chi connectivity index (χ1) is 12.0. The highest BCUT2D eigenvalue weighted by atomic mass is 32.2. The van der Waals surface area contributed by atoms with Crippen molar-refractivity contribution in [2.24, 2.45) is 0 Å². The van der Waals surface area contributed by atoms with E-state index in [0.717, 1.165) is 12.0 Å². The second kappa shape index (κ2) is 6.30. The van der Waals surface area contributed by atoms with E-state index in [0.29, 0.717) is 35.2 Å². The summed E-state index contributed by atoms with van der Waals surface area (Å²) < 4.78 is 34.7. The Morgan fingerprint density at radius 1 is 1.24 bits per heavy atom. The number of hydrogen-bond acceptors (Lipinski definition) is 7. The van der Waals surface area contributed by atoms with Crippen molar-refractivity contribution < 1.29 is 22.7 Å². The summed E-state index contributed by atoms with van der Waals surface area (Å²) in [5.41, 5.74) is 1.52. The zero-order chi connectivity index (χ0) is 17.4. The van der Waals surface area contributed by atoms with Crippen molar-refractivity contribution in [1.29, 1.82) is 0 Å². The Hall–Kier alpha value is -2.13. The highest BCUT2D eigenvalue weighted by molar-refractivity contribution is 7.92. The molecule has 0 saturated carbocycles. The molecule has 9 heteroatoms. The van der Waals surface area contributed by atoms with Gasteiger partial charge in [-0.2, -0.15) is 0 Å². The van der Waals surface area contributed by atoms with Crippen LogP contribution in [0.25, 0.3) is 11.3 Å². The standard InChI is InChI=1S/C16H16N2O5S2/c19-15(14-3-1-2-6-25(14,20)21)18-16-17-11(8-24-16)10-4-5-12-13(7-10)23-9-22-12/h4-5,7-8,14H,1-3,6,9H2,(H,17,18,19)/t14-/m1/s1. The molecule has 1 fully saturated rings. The number of thiazole rings is 1. The molecule has 1 aromatic heterocycles. The number of carbonyl (C=O) groups excluding carboxylic acids is 1. The molecule has 1 amide bonds. The fraction of sp³-hybridized carbons (Fsp3) is 0.375. The number of nitrogens with one attached hydrogen (secondary N) is 1. The number of carbonyl (C=O) groups is 1. The molecule has 2 aromatic rings. The number of anilines is 1. The van der Waals surface area contributed by atoms with Crippen LogP contribution < -0.4 is 14.8 Å². The van der Waals surface area contributed by atoms with Crippen molar-refractivity contribution >= 4 is 32.2 Å². The molecule has 2 aliphatic rings. The van der Waals surface area contributed by atoms with E-state index in [1.54, 1.807) is 0 Å². The molecule has 25 heavy (non-hydrogen) atoms. The summed E-state index contributed by atoms with van der Waals surface area (Å²) in [7, 11) is -3.36. The Balaban J connectivity index is 1.51. The van der Waals surface area contributed by atoms with Crippen LogP contribution in [-0.2, 0) is 14.6 Å². The van der Waals surface area contributed by atoms with E-state index in [4.69, 9.17) is 9.47 Å². The molecule has 2 aliphatic heterocycles. The van der Waals surface area contributed by atoms with Crippen LogP contribution in [0.5, 0.6) is 11.5 Å². The van der Waals surface area contributed by atoms with Crippen LogP contribution in [-0.4, -0.2) is 37.1 Å². The number of sulfone groups is 1. The smallest absolute Gasteiger partial charge is 0.244 e. The van der Waals surface area contributed by atoms with Gasteiger partial charge in [0.25, 0.3) is 0 Å². The minimum atomic E-state index is -3.36. The van der Waals surface area contributed by atoms with Gasteiger partial charge in [0.05, 0.1) is 11.4 Å². The minimum absolute atomic E-state index is 0.0748. The summed E-state index contributed by atoms with van der Waals surface area (Å²) in [6, 6.07) is 5.50. The van der Waals surface area contributed by atoms with Gasteiger partial charge >= 0.3 is 0 Å². The van der Waals surface area contributed by atoms with Gasteiger partial charge in [-0.05, 0) is 31.0 Å². The lowest BCUT2D eigenvalue weighted by Gasteiger charge is -2.20. The Bertz CT molecular complexity index is 922. The zero-order valence-corrected chi connectivity index (χ0v) is 14.9. The van der Waals surface area contributed by atoms with E-state index in [9.17, 15) is 13.2 Å². The maximum absolute atomic E-state index is 12.3. The number of rotatable bonds is 3. The molecule has 0 radical (unpaired) electrons. The SMILES string of the molecule is O=C(Nc1nc(-c2ccc3c(c2)OCO3)cs1)[C@H]1CCCCS1(=O)=O. The van der Waals surface area contributed by atoms with E-state index in [1.165, 1.54) is 11.3 Å². The van der Waals surface area contributed by atoms with Crippen LogP contribution in [0.15, 0.2) is 23.6 Å². The molecule has 7 nitrogen and oxygen atoms in total. The number of benzene rings is 1. The average Bonchev–Trinajstić information content (AvgIpc) is 3.22. The Labute approximate surface area is 148 Å². The predicted octanol–water partition coefficient (Wildman–Crippen LogP) is 2.44. The molecular formula is C16H16N2O5S2. The van der Waals surface area contributed by atoms with Gasteiger partial charge in [0.1, 0.15) is 5.25 Å². The number of ether oxygens (including phenoxy) is 2. The third-order valence-corrected chi connectivity index (χ3v) is 7.21. The zero-order valence-electron chi connectivity index (χ0n) is 13.2. The molecule has 0 spiro atoms. The van der Waals surface area contributed by atoms with Crippen LogP contribution in [0.2, 0.25) is 0 Å². The molecule has 0 bridgehead atoms. The summed E-state index contributed by atoms with van der Waals surface area (Å²) in [5.74, 6) is 0.927. The fourth-order valence-electron chi connectivity index (χ4n) is 2.95. The maximum Gasteiger partial charge on any atom is 0.244 e. The Kier molecular flexibility index (Phi) is 4.12. The number of fused-ring (bicyclic) bond motifs is 1. The molecule has 1 N–H and O–H groups in total. The van der Waals surface area contributed by atoms with Gasteiger partial charge in [-0.3, -0.25) is 4.79 Å². The van der Waals surface area contributed by atoms with Crippen LogP contribution in [0.4, 0.5) is 5.13 Å². The summed E-state index contributed by atoms with van der Waals surface area (Å²) in [5, 5.41) is 3.87. The predicted molar refractivity (Wildman–Crippen MR) is 93.7 cm³/mol. The summed E-state index contributed by atoms with van der Waals surface area (Å²) in [4.78, 5) is 16.7. The molecule has 1 saturated heterocycles. The first-order valence-corrected chi connectivity index (χ1v) is 10.5. The van der Waals surface area contributed by atoms with Gasteiger partial charge in [0.15, 0.2) is 26.5 Å². The first kappa shape index (κ1) is 16.3. The van der Waals surface area contributed by atoms with Gasteiger partial charge in [-0.1, -0.05) is 6.42 Å². The second-order valence-electron chi connectivity index (χ2n) is 5.95. The number of aromatic nitrogens is 1. The molecule has 4 rings (SSSR count). The summed E-state index contributed by atoms with van der Waals surface area (Å²) in [6.07, 6.45) is 1.74. The lowest BCUT2D eigenvalue weighted by molar-refractivity contribution is -0.116. The molecule has 0 unspecified atom stereocenters. The van der Waals surface area contributed by atoms with Crippen molar-refractivity contribution in [2.75, 3.05) is 17.9 Å². The van der Waals surface area contributed by atoms with Gasteiger partial charge in [0.2, 0.25) is 12.7 Å². The largest absolute Gasteiger partial charge is 0.454 e. The monoisotopic (exact) mass is 380 g/mol. The highest BCUT2D eigenvalue weighted by Crippen LogP contribution is 2.36. The second-order valence-corrected chi connectivity index (χ2v) is 9.11. The van der Waals surface area contributed by atoms with Crippen LogP contribution in [0.3, 0.4) is 0 Å². The Morgan fingerprint density at radius 3 is 2.92 bits per heavy atom. The van der Waals surface area contributed by atoms with Crippen LogP contribution >= 0.6 is 11.3 Å². The van der Waals surface area contributed by atoms with Crippen molar-refractivity contribution in [2.45, 2.75) is 24.5 Å². The maximum atomic E-state index is 12.3. The number of amides is 1. The quantitative estimate of drug-likeness (QED) is 0.879. The van der Waals surface area contributed by atoms with E-state index >= 15 is 0 Å². The van der Waals surface area contributed by atoms with Crippen molar-refractivity contribution in [3.05, 3.63) is 23.6 Å². The lowest BCUT2D eigenvalue weighted by Crippen LogP contribution is -2.39. The van der Waals surface area contributed by atoms with Crippen molar-refractivity contribution in [3.8, 4) is 22.8 Å². The number of nitrogens with zero attached hydrogens (tertiary/aromatic N) is 1. The molecule has 1 aromatic carbocycles. The fourth-order valence-corrected chi connectivity index (χ4v) is 5.48. The van der Waals surface area contributed by atoms with E-state index < -0.39 is 21.0 Å². The van der Waals surface area contributed by atoms with E-state index in [1.807, 2.05) is 23.6 Å². The molecule has 0 aliphatic carbocycles. The number of hydrogen-bond donors (Lipinski definition) is 1. The molecule has 1 atom stereocenters. The minimum Gasteiger partial charge on any atom is -0.454 e. The normalized spacial score (nSPS) is 21.0. The van der Waals surface area contributed by atoms with Crippen LogP contribution in [0, 0.1) is 0 Å². The topological polar surface area (TPSA) is 94.6 Å². The highest BCUT2D eigenvalue weighted by Gasteiger charge is 2.35. The van der Waals surface area contributed by atoms with Gasteiger partial charge in [-0.15, -0.1) is 11.3 Å². The third-order valence-electron chi connectivity index (χ3n) is 4.27. The Morgan fingerprint density at radius 2 is 2.08 bits per heavy atom. The first-order valence-electron chi connectivity index (χ1n) is 7.91.